The van der Waals surface area contributed by atoms with Gasteiger partial charge in [0.15, 0.2) is 0 Å². The first-order valence-electron chi connectivity index (χ1n) is 7.60. The highest BCUT2D eigenvalue weighted by molar-refractivity contribution is 7.99. The summed E-state index contributed by atoms with van der Waals surface area (Å²) in [5.41, 5.74) is 0. The Morgan fingerprint density at radius 1 is 1.45 bits per heavy atom. The Balaban J connectivity index is 1.85. The van der Waals surface area contributed by atoms with Crippen LogP contribution >= 0.6 is 11.8 Å². The van der Waals surface area contributed by atoms with E-state index in [4.69, 9.17) is 0 Å². The average Bonchev–Trinajstić information content (AvgIpc) is 2.95. The maximum absolute atomic E-state index is 12.4. The van der Waals surface area contributed by atoms with Crippen molar-refractivity contribution < 1.29 is 9.59 Å². The minimum atomic E-state index is -0.272. The van der Waals surface area contributed by atoms with E-state index >= 15 is 0 Å². The topological polar surface area (TPSA) is 61.4 Å². The zero-order valence-electron chi connectivity index (χ0n) is 12.2. The fraction of sp³-hybridized carbons (Fsp3) is 0.857. The second-order valence-corrected chi connectivity index (χ2v) is 6.53. The number of hydrogen-bond donors (Lipinski definition) is 2. The second-order valence-electron chi connectivity index (χ2n) is 5.53. The number of carbonyl (C=O) groups excluding carboxylic acids is 2. The number of hydrogen-bond acceptors (Lipinski definition) is 4. The van der Waals surface area contributed by atoms with Gasteiger partial charge in [-0.15, -0.1) is 11.8 Å². The summed E-state index contributed by atoms with van der Waals surface area (Å²) in [4.78, 5) is 26.2. The molecule has 2 N–H and O–H groups in total. The van der Waals surface area contributed by atoms with Crippen molar-refractivity contribution >= 4 is 23.6 Å². The molecule has 2 heterocycles. The van der Waals surface area contributed by atoms with Gasteiger partial charge in [0.25, 0.3) is 0 Å². The molecular weight excluding hydrogens is 274 g/mol. The van der Waals surface area contributed by atoms with Gasteiger partial charge in [0.2, 0.25) is 11.8 Å². The first kappa shape index (κ1) is 15.6. The molecule has 2 aliphatic heterocycles. The van der Waals surface area contributed by atoms with Gasteiger partial charge in [-0.1, -0.05) is 13.3 Å². The summed E-state index contributed by atoms with van der Waals surface area (Å²) in [7, 11) is 0. The number of amides is 2. The van der Waals surface area contributed by atoms with Gasteiger partial charge in [-0.2, -0.15) is 0 Å². The molecule has 0 aromatic heterocycles. The van der Waals surface area contributed by atoms with Crippen molar-refractivity contribution in [3.8, 4) is 0 Å². The normalized spacial score (nSPS) is 26.6. The molecule has 0 spiro atoms. The van der Waals surface area contributed by atoms with Crippen molar-refractivity contribution in [2.45, 2.75) is 51.1 Å². The molecular formula is C14H25N3O2S. The Labute approximate surface area is 125 Å². The molecule has 5 nitrogen and oxygen atoms in total. The lowest BCUT2D eigenvalue weighted by molar-refractivity contribution is -0.138. The largest absolute Gasteiger partial charge is 0.350 e. The lowest BCUT2D eigenvalue weighted by Gasteiger charge is -2.28. The third-order valence-electron chi connectivity index (χ3n) is 3.89. The summed E-state index contributed by atoms with van der Waals surface area (Å²) in [6.07, 6.45) is 4.61. The highest BCUT2D eigenvalue weighted by Crippen LogP contribution is 2.22. The summed E-state index contributed by atoms with van der Waals surface area (Å²) in [5, 5.41) is 6.39. The summed E-state index contributed by atoms with van der Waals surface area (Å²) in [6.45, 7) is 3.95. The molecule has 2 atom stereocenters. The van der Waals surface area contributed by atoms with Gasteiger partial charge < -0.3 is 15.5 Å². The number of carbonyl (C=O) groups is 2. The summed E-state index contributed by atoms with van der Waals surface area (Å²) < 4.78 is 0. The maximum Gasteiger partial charge on any atom is 0.243 e. The minimum Gasteiger partial charge on any atom is -0.350 e. The van der Waals surface area contributed by atoms with Gasteiger partial charge in [-0.05, 0) is 25.8 Å². The first-order valence-corrected chi connectivity index (χ1v) is 8.76. The lowest BCUT2D eigenvalue weighted by Crippen LogP contribution is -2.53. The van der Waals surface area contributed by atoms with E-state index < -0.39 is 0 Å². The van der Waals surface area contributed by atoms with E-state index in [2.05, 4.69) is 17.6 Å². The Morgan fingerprint density at radius 2 is 2.30 bits per heavy atom. The molecule has 2 aliphatic rings. The first-order chi connectivity index (χ1) is 9.72. The van der Waals surface area contributed by atoms with Crippen LogP contribution in [0.2, 0.25) is 0 Å². The van der Waals surface area contributed by atoms with Crippen molar-refractivity contribution in [2.24, 2.45) is 0 Å². The zero-order valence-corrected chi connectivity index (χ0v) is 13.0. The third kappa shape index (κ3) is 4.12. The third-order valence-corrected chi connectivity index (χ3v) is 4.90. The monoisotopic (exact) mass is 299 g/mol. The number of unbranched alkanes of at least 4 members (excludes halogenated alkanes) is 1. The van der Waals surface area contributed by atoms with E-state index in [1.165, 1.54) is 0 Å². The highest BCUT2D eigenvalue weighted by Gasteiger charge is 2.35. The van der Waals surface area contributed by atoms with Gasteiger partial charge in [0.1, 0.15) is 6.04 Å². The van der Waals surface area contributed by atoms with E-state index in [1.54, 1.807) is 16.7 Å². The van der Waals surface area contributed by atoms with Crippen LogP contribution in [0.25, 0.3) is 0 Å². The van der Waals surface area contributed by atoms with Crippen LogP contribution in [-0.2, 0) is 9.59 Å². The van der Waals surface area contributed by atoms with Gasteiger partial charge >= 0.3 is 0 Å². The van der Waals surface area contributed by atoms with Crippen LogP contribution in [0.15, 0.2) is 0 Å². The van der Waals surface area contributed by atoms with E-state index in [0.717, 1.165) is 44.5 Å². The Hall–Kier alpha value is -0.750. The predicted molar refractivity (Wildman–Crippen MR) is 81.5 cm³/mol. The summed E-state index contributed by atoms with van der Waals surface area (Å²) in [6, 6.07) is -0.0549. The zero-order chi connectivity index (χ0) is 14.4. The number of thioether (sulfide) groups is 1. The molecule has 2 saturated heterocycles. The molecule has 20 heavy (non-hydrogen) atoms. The van der Waals surface area contributed by atoms with E-state index in [0.29, 0.717) is 12.3 Å². The van der Waals surface area contributed by atoms with Crippen molar-refractivity contribution in [1.82, 2.24) is 15.5 Å². The SMILES string of the molecule is CCCCC(=O)N1CSCC1C(=O)NC1CCCNC1. The molecule has 0 aliphatic carbocycles. The van der Waals surface area contributed by atoms with Crippen LogP contribution < -0.4 is 10.6 Å². The molecule has 0 aromatic carbocycles. The number of nitrogens with zero attached hydrogens (tertiary/aromatic N) is 1. The minimum absolute atomic E-state index is 0.0218. The van der Waals surface area contributed by atoms with E-state index in [9.17, 15) is 9.59 Å². The lowest BCUT2D eigenvalue weighted by atomic mass is 10.1. The molecule has 0 aromatic rings. The number of rotatable bonds is 5. The second kappa shape index (κ2) is 7.88. The van der Waals surface area contributed by atoms with Crippen molar-refractivity contribution in [2.75, 3.05) is 24.7 Å². The smallest absolute Gasteiger partial charge is 0.243 e. The van der Waals surface area contributed by atoms with Crippen LogP contribution in [0.4, 0.5) is 0 Å². The van der Waals surface area contributed by atoms with Crippen molar-refractivity contribution in [1.29, 1.82) is 0 Å². The summed E-state index contributed by atoms with van der Waals surface area (Å²) >= 11 is 1.67. The Kier molecular flexibility index (Phi) is 6.16. The van der Waals surface area contributed by atoms with Crippen LogP contribution in [0, 0.1) is 0 Å². The quantitative estimate of drug-likeness (QED) is 0.793. The predicted octanol–water partition coefficient (Wildman–Crippen LogP) is 0.946. The number of piperidine rings is 1. The molecule has 2 amide bonds. The molecule has 114 valence electrons. The van der Waals surface area contributed by atoms with Gasteiger partial charge in [-0.25, -0.2) is 0 Å². The Morgan fingerprint density at radius 3 is 3.00 bits per heavy atom. The molecule has 2 rings (SSSR count). The maximum atomic E-state index is 12.4. The average molecular weight is 299 g/mol. The molecule has 0 radical (unpaired) electrons. The van der Waals surface area contributed by atoms with Crippen LogP contribution in [0.5, 0.6) is 0 Å². The summed E-state index contributed by atoms with van der Waals surface area (Å²) in [5.74, 6) is 1.53. The van der Waals surface area contributed by atoms with Crippen molar-refractivity contribution in [3.63, 3.8) is 0 Å². The molecule has 0 bridgehead atoms. The van der Waals surface area contributed by atoms with E-state index in [-0.39, 0.29) is 23.9 Å². The van der Waals surface area contributed by atoms with Crippen LogP contribution in [-0.4, -0.2) is 53.5 Å². The van der Waals surface area contributed by atoms with Crippen LogP contribution in [0.3, 0.4) is 0 Å². The fourth-order valence-corrected chi connectivity index (χ4v) is 3.83. The van der Waals surface area contributed by atoms with Gasteiger partial charge in [-0.3, -0.25) is 9.59 Å². The fourth-order valence-electron chi connectivity index (χ4n) is 2.65. The molecule has 2 fully saturated rings. The molecule has 0 saturated carbocycles. The van der Waals surface area contributed by atoms with Gasteiger partial charge in [0.05, 0.1) is 5.88 Å². The Bertz CT molecular complexity index is 345. The van der Waals surface area contributed by atoms with Crippen LogP contribution in [0.1, 0.15) is 39.0 Å². The highest BCUT2D eigenvalue weighted by atomic mass is 32.2. The number of nitrogens with one attached hydrogen (secondary N) is 2. The molecule has 6 heteroatoms. The van der Waals surface area contributed by atoms with Gasteiger partial charge in [0, 0.05) is 24.8 Å². The van der Waals surface area contributed by atoms with Crippen molar-refractivity contribution in [3.05, 3.63) is 0 Å². The van der Waals surface area contributed by atoms with E-state index in [1.807, 2.05) is 0 Å². The molecule has 2 unspecified atom stereocenters. The standard InChI is InChI=1S/C14H25N3O2S/c1-2-3-6-13(18)17-10-20-9-12(17)14(19)16-11-5-4-7-15-8-11/h11-12,15H,2-10H2,1H3,(H,16,19).